The molecule has 0 fully saturated rings. The molecule has 0 aliphatic heterocycles. The second-order valence-electron chi connectivity index (χ2n) is 2.65. The molecular weight excluding hydrogens is 227 g/mol. The second-order valence-corrected chi connectivity index (χ2v) is 2.65. The van der Waals surface area contributed by atoms with Crippen molar-refractivity contribution in [2.75, 3.05) is 0 Å². The van der Waals surface area contributed by atoms with E-state index in [1.54, 1.807) is 19.3 Å². The lowest BCUT2D eigenvalue weighted by Crippen LogP contribution is -1.80. The molecule has 0 radical (unpaired) electrons. The van der Waals surface area contributed by atoms with Crippen molar-refractivity contribution < 1.29 is 4.39 Å². The molecule has 0 aromatic carbocycles. The van der Waals surface area contributed by atoms with Crippen molar-refractivity contribution in [2.24, 2.45) is 0 Å². The Bertz CT molecular complexity index is 316. The van der Waals surface area contributed by atoms with Crippen LogP contribution in [0.2, 0.25) is 0 Å². The Kier molecular flexibility index (Phi) is 15.7. The molecule has 0 spiro atoms. The third kappa shape index (κ3) is 10.7. The number of pyridine rings is 2. The maximum absolute atomic E-state index is 12.3. The van der Waals surface area contributed by atoms with Crippen LogP contribution in [0.15, 0.2) is 49.1 Å². The zero-order chi connectivity index (χ0) is 14.2. The second kappa shape index (κ2) is 15.2. The standard InChI is InChI=1S/C6H6FN.C5H5N.2C2H6/c1-5-4-8-3-2-6(5)7;1-2-4-6-5-3-1;2*1-2/h2-4H,1H3;1-5H;2*1-2H3. The van der Waals surface area contributed by atoms with Gasteiger partial charge in [0.25, 0.3) is 0 Å². The highest BCUT2D eigenvalue weighted by Gasteiger charge is 1.89. The van der Waals surface area contributed by atoms with Crippen molar-refractivity contribution in [2.45, 2.75) is 34.6 Å². The van der Waals surface area contributed by atoms with Gasteiger partial charge >= 0.3 is 0 Å². The fourth-order valence-electron chi connectivity index (χ4n) is 0.769. The van der Waals surface area contributed by atoms with Crippen molar-refractivity contribution in [3.8, 4) is 0 Å². The van der Waals surface area contributed by atoms with Crippen molar-refractivity contribution >= 4 is 0 Å². The summed E-state index contributed by atoms with van der Waals surface area (Å²) in [6.45, 7) is 9.68. The highest BCUT2D eigenvalue weighted by atomic mass is 19.1. The van der Waals surface area contributed by atoms with Gasteiger partial charge in [0.2, 0.25) is 0 Å². The molecule has 0 bridgehead atoms. The van der Waals surface area contributed by atoms with Crippen LogP contribution in [-0.4, -0.2) is 9.97 Å². The zero-order valence-electron chi connectivity index (χ0n) is 11.9. The smallest absolute Gasteiger partial charge is 0.129 e. The topological polar surface area (TPSA) is 25.8 Å². The third-order valence-electron chi connectivity index (χ3n) is 1.52. The Labute approximate surface area is 110 Å². The van der Waals surface area contributed by atoms with E-state index >= 15 is 0 Å². The highest BCUT2D eigenvalue weighted by Crippen LogP contribution is 1.99. The first-order chi connectivity index (χ1) is 8.80. The molecule has 2 rings (SSSR count). The zero-order valence-corrected chi connectivity index (χ0v) is 11.9. The Balaban J connectivity index is 0. The predicted octanol–water partition coefficient (Wildman–Crippen LogP) is 4.66. The van der Waals surface area contributed by atoms with Gasteiger partial charge in [0.15, 0.2) is 0 Å². The van der Waals surface area contributed by atoms with E-state index in [0.717, 1.165) is 0 Å². The lowest BCUT2D eigenvalue weighted by atomic mass is 10.3. The van der Waals surface area contributed by atoms with Gasteiger partial charge in [0.05, 0.1) is 0 Å². The number of rotatable bonds is 0. The number of nitrogens with zero attached hydrogens (tertiary/aromatic N) is 2. The third-order valence-corrected chi connectivity index (χ3v) is 1.52. The average molecular weight is 250 g/mol. The summed E-state index contributed by atoms with van der Waals surface area (Å²) in [5.41, 5.74) is 0.590. The number of hydrogen-bond acceptors (Lipinski definition) is 2. The van der Waals surface area contributed by atoms with Crippen molar-refractivity contribution in [3.05, 3.63) is 60.4 Å². The summed E-state index contributed by atoms with van der Waals surface area (Å²) >= 11 is 0. The minimum absolute atomic E-state index is 0.194. The quantitative estimate of drug-likeness (QED) is 0.679. The largest absolute Gasteiger partial charge is 0.265 e. The molecule has 100 valence electrons. The fraction of sp³-hybridized carbons (Fsp3) is 0.333. The first kappa shape index (κ1) is 18.6. The SMILES string of the molecule is CC.CC.Cc1cnccc1F.c1ccncc1. The summed E-state index contributed by atoms with van der Waals surface area (Å²) in [5.74, 6) is -0.194. The lowest BCUT2D eigenvalue weighted by molar-refractivity contribution is 0.616. The molecule has 0 aliphatic rings. The van der Waals surface area contributed by atoms with Crippen LogP contribution in [-0.2, 0) is 0 Å². The van der Waals surface area contributed by atoms with Crippen molar-refractivity contribution in [3.63, 3.8) is 0 Å². The molecule has 0 saturated heterocycles. The molecule has 0 unspecified atom stereocenters. The number of hydrogen-bond donors (Lipinski definition) is 0. The molecule has 2 aromatic rings. The fourth-order valence-corrected chi connectivity index (χ4v) is 0.769. The minimum Gasteiger partial charge on any atom is -0.265 e. The van der Waals surface area contributed by atoms with Gasteiger partial charge in [0.1, 0.15) is 5.82 Å². The first-order valence-electron chi connectivity index (χ1n) is 6.22. The molecule has 0 N–H and O–H groups in total. The first-order valence-corrected chi connectivity index (χ1v) is 6.22. The van der Waals surface area contributed by atoms with Crippen LogP contribution in [0.3, 0.4) is 0 Å². The summed E-state index contributed by atoms with van der Waals surface area (Å²) < 4.78 is 12.3. The van der Waals surface area contributed by atoms with Gasteiger partial charge in [-0.2, -0.15) is 0 Å². The van der Waals surface area contributed by atoms with E-state index in [9.17, 15) is 4.39 Å². The normalized spacial score (nSPS) is 7.44. The van der Waals surface area contributed by atoms with Crippen LogP contribution in [0.1, 0.15) is 33.3 Å². The number of aromatic nitrogens is 2. The van der Waals surface area contributed by atoms with Crippen LogP contribution in [0.5, 0.6) is 0 Å². The monoisotopic (exact) mass is 250 g/mol. The van der Waals surface area contributed by atoms with Gasteiger partial charge in [-0.15, -0.1) is 0 Å². The van der Waals surface area contributed by atoms with E-state index in [-0.39, 0.29) is 5.82 Å². The average Bonchev–Trinajstić information content (AvgIpc) is 2.49. The molecule has 2 heterocycles. The van der Waals surface area contributed by atoms with Gasteiger partial charge < -0.3 is 0 Å². The van der Waals surface area contributed by atoms with Gasteiger partial charge in [0, 0.05) is 30.4 Å². The summed E-state index contributed by atoms with van der Waals surface area (Å²) in [4.78, 5) is 7.49. The van der Waals surface area contributed by atoms with E-state index in [4.69, 9.17) is 0 Å². The molecule has 18 heavy (non-hydrogen) atoms. The van der Waals surface area contributed by atoms with Gasteiger partial charge in [-0.25, -0.2) is 4.39 Å². The van der Waals surface area contributed by atoms with Crippen LogP contribution in [0.25, 0.3) is 0 Å². The highest BCUT2D eigenvalue weighted by molar-refractivity contribution is 5.08. The predicted molar refractivity (Wildman–Crippen MR) is 75.9 cm³/mol. The maximum Gasteiger partial charge on any atom is 0.129 e. The summed E-state index contributed by atoms with van der Waals surface area (Å²) in [5, 5.41) is 0. The molecule has 3 heteroatoms. The van der Waals surface area contributed by atoms with Crippen LogP contribution in [0.4, 0.5) is 4.39 Å². The van der Waals surface area contributed by atoms with Crippen molar-refractivity contribution in [1.29, 1.82) is 0 Å². The van der Waals surface area contributed by atoms with E-state index in [2.05, 4.69) is 9.97 Å². The van der Waals surface area contributed by atoms with E-state index in [1.807, 2.05) is 45.9 Å². The van der Waals surface area contributed by atoms with Crippen LogP contribution in [0, 0.1) is 12.7 Å². The Morgan fingerprint density at radius 1 is 0.833 bits per heavy atom. The van der Waals surface area contributed by atoms with Gasteiger partial charge in [-0.1, -0.05) is 33.8 Å². The maximum atomic E-state index is 12.3. The molecule has 0 aliphatic carbocycles. The Hall–Kier alpha value is -1.77. The van der Waals surface area contributed by atoms with E-state index in [1.165, 1.54) is 18.5 Å². The molecule has 0 amide bonds. The van der Waals surface area contributed by atoms with Gasteiger partial charge in [-0.3, -0.25) is 9.97 Å². The molecule has 2 aromatic heterocycles. The number of aryl methyl sites for hydroxylation is 1. The molecule has 2 nitrogen and oxygen atoms in total. The molecule has 0 atom stereocenters. The Morgan fingerprint density at radius 2 is 1.39 bits per heavy atom. The van der Waals surface area contributed by atoms with Crippen LogP contribution < -0.4 is 0 Å². The number of halogens is 1. The summed E-state index contributed by atoms with van der Waals surface area (Å²) in [7, 11) is 0. The molecular formula is C15H23FN2. The Morgan fingerprint density at radius 3 is 1.61 bits per heavy atom. The summed E-state index contributed by atoms with van der Waals surface area (Å²) in [6, 6.07) is 7.06. The summed E-state index contributed by atoms with van der Waals surface area (Å²) in [6.07, 6.45) is 6.43. The van der Waals surface area contributed by atoms with Crippen LogP contribution >= 0.6 is 0 Å². The van der Waals surface area contributed by atoms with E-state index < -0.39 is 0 Å². The lowest BCUT2D eigenvalue weighted by Gasteiger charge is -1.88. The minimum atomic E-state index is -0.194. The molecule has 0 saturated carbocycles. The van der Waals surface area contributed by atoms with Gasteiger partial charge in [-0.05, 0) is 25.1 Å². The van der Waals surface area contributed by atoms with Crippen molar-refractivity contribution in [1.82, 2.24) is 9.97 Å². The van der Waals surface area contributed by atoms with E-state index in [0.29, 0.717) is 5.56 Å².